The van der Waals surface area contributed by atoms with Crippen LogP contribution < -0.4 is 25.6 Å². The number of carbonyl (C=O) groups is 2. The van der Waals surface area contributed by atoms with Gasteiger partial charge in [-0.1, -0.05) is 24.3 Å². The van der Waals surface area contributed by atoms with Gasteiger partial charge in [-0.15, -0.1) is 0 Å². The van der Waals surface area contributed by atoms with Crippen molar-refractivity contribution >= 4 is 23.4 Å². The number of piperazine rings is 1. The Morgan fingerprint density at radius 2 is 1.80 bits per heavy atom. The zero-order valence-electron chi connectivity index (χ0n) is 24.1. The molecule has 0 radical (unpaired) electrons. The maximum Gasteiger partial charge on any atom is 0.336 e. The molecule has 0 spiro atoms. The van der Waals surface area contributed by atoms with Gasteiger partial charge in [-0.05, 0) is 56.6 Å². The Bertz CT molecular complexity index is 1370. The zero-order chi connectivity index (χ0) is 29.4. The highest BCUT2D eigenvalue weighted by Crippen LogP contribution is 2.39. The largest absolute Gasteiger partial charge is 0.495 e. The van der Waals surface area contributed by atoms with Gasteiger partial charge in [0.2, 0.25) is 0 Å². The van der Waals surface area contributed by atoms with Crippen LogP contribution in [0.5, 0.6) is 5.75 Å². The molecule has 2 heterocycles. The molecule has 0 aliphatic carbocycles. The maximum absolute atomic E-state index is 12.6. The number of esters is 1. The van der Waals surface area contributed by atoms with E-state index >= 15 is 0 Å². The van der Waals surface area contributed by atoms with Crippen LogP contribution >= 0.6 is 0 Å². The van der Waals surface area contributed by atoms with Crippen molar-refractivity contribution in [3.63, 3.8) is 0 Å². The summed E-state index contributed by atoms with van der Waals surface area (Å²) in [7, 11) is 3.02. The van der Waals surface area contributed by atoms with Gasteiger partial charge < -0.3 is 30.3 Å². The molecule has 0 saturated carbocycles. The minimum Gasteiger partial charge on any atom is -0.495 e. The molecule has 41 heavy (non-hydrogen) atoms. The highest BCUT2D eigenvalue weighted by molar-refractivity contribution is 5.93. The van der Waals surface area contributed by atoms with E-state index in [2.05, 4.69) is 37.9 Å². The van der Waals surface area contributed by atoms with Crippen molar-refractivity contribution in [1.82, 2.24) is 15.5 Å². The van der Waals surface area contributed by atoms with Gasteiger partial charge in [-0.3, -0.25) is 4.90 Å². The molecule has 2 aliphatic rings. The van der Waals surface area contributed by atoms with Crippen molar-refractivity contribution in [2.45, 2.75) is 26.2 Å². The molecule has 2 aromatic carbocycles. The number of nitriles is 1. The van der Waals surface area contributed by atoms with Crippen LogP contribution in [0.4, 0.5) is 16.2 Å². The fourth-order valence-corrected chi connectivity index (χ4v) is 5.44. The van der Waals surface area contributed by atoms with E-state index in [0.717, 1.165) is 50.6 Å². The highest BCUT2D eigenvalue weighted by atomic mass is 16.5. The van der Waals surface area contributed by atoms with Crippen LogP contribution in [-0.4, -0.2) is 70.4 Å². The molecule has 1 unspecified atom stereocenters. The summed E-state index contributed by atoms with van der Waals surface area (Å²) >= 11 is 0. The second-order valence-electron chi connectivity index (χ2n) is 10.1. The molecular weight excluding hydrogens is 520 g/mol. The van der Waals surface area contributed by atoms with Crippen molar-refractivity contribution in [3.05, 3.63) is 76.6 Å². The minimum absolute atomic E-state index is 0.305. The van der Waals surface area contributed by atoms with E-state index in [1.807, 2.05) is 24.3 Å². The molecule has 10 heteroatoms. The number of hydrogen-bond acceptors (Lipinski definition) is 8. The topological polar surface area (TPSA) is 119 Å². The smallest absolute Gasteiger partial charge is 0.336 e. The number of nitrogens with zero attached hydrogens (tertiary/aromatic N) is 3. The number of carbonyl (C=O) groups excluding carboxylic acids is 2. The number of rotatable bonds is 9. The van der Waals surface area contributed by atoms with Gasteiger partial charge in [0.1, 0.15) is 5.75 Å². The number of hydrogen-bond donors (Lipinski definition) is 3. The van der Waals surface area contributed by atoms with Crippen molar-refractivity contribution in [2.75, 3.05) is 63.7 Å². The average molecular weight is 559 g/mol. The lowest BCUT2D eigenvalue weighted by Gasteiger charge is -2.36. The molecule has 1 saturated heterocycles. The Hall–Kier alpha value is -4.49. The van der Waals surface area contributed by atoms with Crippen LogP contribution in [0.15, 0.2) is 71.1 Å². The Balaban J connectivity index is 1.28. The molecular formula is C31H38N6O4. The zero-order valence-corrected chi connectivity index (χ0v) is 24.1. The molecule has 10 nitrogen and oxygen atoms in total. The molecule has 0 bridgehead atoms. The quantitative estimate of drug-likeness (QED) is 0.313. The van der Waals surface area contributed by atoms with E-state index in [1.54, 1.807) is 39.2 Å². The Labute approximate surface area is 241 Å². The standard InChI is InChI=1S/C31H38N6O4/c1-21-25(20-32)29(28(22(2)34-21)30(38)41-4)23-9-7-10-24(19-23)35-31(39)33-13-8-14-36-15-17-37(18-16-36)26-11-5-6-12-27(26)40-3/h5-7,9-12,19,29,34H,8,13-18H2,1-4H3,(H2,33,35,39). The van der Waals surface area contributed by atoms with Crippen LogP contribution in [0.2, 0.25) is 0 Å². The number of amides is 2. The van der Waals surface area contributed by atoms with Gasteiger partial charge in [0, 0.05) is 49.8 Å². The predicted octanol–water partition coefficient (Wildman–Crippen LogP) is 3.96. The van der Waals surface area contributed by atoms with Crippen LogP contribution in [0, 0.1) is 11.3 Å². The molecule has 2 amide bonds. The summed E-state index contributed by atoms with van der Waals surface area (Å²) in [4.78, 5) is 30.0. The van der Waals surface area contributed by atoms with E-state index < -0.39 is 11.9 Å². The second-order valence-corrected chi connectivity index (χ2v) is 10.1. The predicted molar refractivity (Wildman–Crippen MR) is 159 cm³/mol. The summed E-state index contributed by atoms with van der Waals surface area (Å²) < 4.78 is 10.5. The summed E-state index contributed by atoms with van der Waals surface area (Å²) in [6.45, 7) is 8.79. The van der Waals surface area contributed by atoms with E-state index in [-0.39, 0.29) is 6.03 Å². The summed E-state index contributed by atoms with van der Waals surface area (Å²) in [6, 6.07) is 17.2. The molecule has 216 valence electrons. The fourth-order valence-electron chi connectivity index (χ4n) is 5.44. The van der Waals surface area contributed by atoms with E-state index in [1.165, 1.54) is 7.11 Å². The fraction of sp³-hybridized carbons (Fsp3) is 0.387. The minimum atomic E-state index is -0.595. The summed E-state index contributed by atoms with van der Waals surface area (Å²) in [5.41, 5.74) is 4.53. The Morgan fingerprint density at radius 3 is 2.51 bits per heavy atom. The average Bonchev–Trinajstić information content (AvgIpc) is 2.99. The van der Waals surface area contributed by atoms with Crippen molar-refractivity contribution < 1.29 is 19.1 Å². The first-order chi connectivity index (χ1) is 19.9. The van der Waals surface area contributed by atoms with E-state index in [9.17, 15) is 14.9 Å². The molecule has 0 aromatic heterocycles. The van der Waals surface area contributed by atoms with Crippen molar-refractivity contribution in [1.29, 1.82) is 5.26 Å². The first-order valence-corrected chi connectivity index (χ1v) is 13.8. The van der Waals surface area contributed by atoms with Crippen molar-refractivity contribution in [3.8, 4) is 11.8 Å². The molecule has 3 N–H and O–H groups in total. The number of methoxy groups -OCH3 is 2. The number of benzene rings is 2. The molecule has 2 aliphatic heterocycles. The second kappa shape index (κ2) is 13.7. The Morgan fingerprint density at radius 1 is 1.05 bits per heavy atom. The number of para-hydroxylation sites is 2. The van der Waals surface area contributed by atoms with Crippen LogP contribution in [-0.2, 0) is 9.53 Å². The number of urea groups is 1. The molecule has 4 rings (SSSR count). The number of dihydropyridines is 1. The lowest BCUT2D eigenvalue weighted by molar-refractivity contribution is -0.136. The molecule has 1 atom stereocenters. The number of anilines is 2. The van der Waals surface area contributed by atoms with Gasteiger partial charge in [0.05, 0.1) is 43.0 Å². The first kappa shape index (κ1) is 29.5. The lowest BCUT2D eigenvalue weighted by Crippen LogP contribution is -2.47. The molecule has 1 fully saturated rings. The number of allylic oxidation sites excluding steroid dienone is 3. The van der Waals surface area contributed by atoms with E-state index in [4.69, 9.17) is 9.47 Å². The number of nitrogens with one attached hydrogen (secondary N) is 3. The SMILES string of the molecule is COC(=O)C1=C(C)NC(C)=C(C#N)C1c1cccc(NC(=O)NCCCN2CCN(c3ccccc3OC)CC2)c1. The number of ether oxygens (including phenoxy) is 2. The molecule has 2 aromatic rings. The van der Waals surface area contributed by atoms with Crippen LogP contribution in [0.25, 0.3) is 0 Å². The monoisotopic (exact) mass is 558 g/mol. The summed E-state index contributed by atoms with van der Waals surface area (Å²) in [5, 5.41) is 18.8. The van der Waals surface area contributed by atoms with Gasteiger partial charge in [0.25, 0.3) is 0 Å². The Kier molecular flexibility index (Phi) is 9.87. The van der Waals surface area contributed by atoms with Gasteiger partial charge in [-0.2, -0.15) is 5.26 Å². The van der Waals surface area contributed by atoms with Gasteiger partial charge >= 0.3 is 12.0 Å². The first-order valence-electron chi connectivity index (χ1n) is 13.8. The lowest BCUT2D eigenvalue weighted by atomic mass is 9.81. The normalized spacial score (nSPS) is 17.4. The third-order valence-electron chi connectivity index (χ3n) is 7.50. The third kappa shape index (κ3) is 6.99. The van der Waals surface area contributed by atoms with Gasteiger partial charge in [-0.25, -0.2) is 9.59 Å². The van der Waals surface area contributed by atoms with E-state index in [0.29, 0.717) is 40.3 Å². The van der Waals surface area contributed by atoms with Crippen molar-refractivity contribution in [2.24, 2.45) is 0 Å². The summed E-state index contributed by atoms with van der Waals surface area (Å²) in [5.74, 6) is -0.204. The van der Waals surface area contributed by atoms with Crippen LogP contribution in [0.1, 0.15) is 31.7 Å². The van der Waals surface area contributed by atoms with Crippen LogP contribution in [0.3, 0.4) is 0 Å². The van der Waals surface area contributed by atoms with Gasteiger partial charge in [0.15, 0.2) is 0 Å². The summed E-state index contributed by atoms with van der Waals surface area (Å²) in [6.07, 6.45) is 0.833. The highest BCUT2D eigenvalue weighted by Gasteiger charge is 2.34. The maximum atomic E-state index is 12.6. The third-order valence-corrected chi connectivity index (χ3v) is 7.50.